The van der Waals surface area contributed by atoms with Crippen LogP contribution in [0.15, 0.2) is 29.0 Å². The summed E-state index contributed by atoms with van der Waals surface area (Å²) in [6, 6.07) is 5.86. The Bertz CT molecular complexity index is 729. The number of thiophene rings is 1. The number of nitrogens with zero attached hydrogens (tertiary/aromatic N) is 2. The van der Waals surface area contributed by atoms with E-state index in [0.717, 1.165) is 29.8 Å². The largest absolute Gasteiger partial charge is 0.347 e. The Balaban J connectivity index is 1.49. The predicted octanol–water partition coefficient (Wildman–Crippen LogP) is 3.10. The minimum Gasteiger partial charge on any atom is -0.347 e. The van der Waals surface area contributed by atoms with Crippen molar-refractivity contribution in [2.45, 2.75) is 25.6 Å². The van der Waals surface area contributed by atoms with Gasteiger partial charge in [-0.15, -0.1) is 0 Å². The van der Waals surface area contributed by atoms with E-state index in [1.54, 1.807) is 11.3 Å². The highest BCUT2D eigenvalue weighted by Gasteiger charge is 2.41. The second-order valence-electron chi connectivity index (χ2n) is 6.24. The van der Waals surface area contributed by atoms with Gasteiger partial charge in [-0.1, -0.05) is 0 Å². The van der Waals surface area contributed by atoms with Crippen LogP contribution in [0.4, 0.5) is 0 Å². The maximum atomic E-state index is 12.8. The number of piperidine rings is 1. The van der Waals surface area contributed by atoms with Crippen LogP contribution >= 0.6 is 11.3 Å². The van der Waals surface area contributed by atoms with Crippen LogP contribution in [0.5, 0.6) is 0 Å². The third-order valence-corrected chi connectivity index (χ3v) is 5.44. The molecule has 0 atom stereocenters. The topological polar surface area (TPSA) is 51.7 Å². The Hall–Kier alpha value is -1.76. The molecule has 2 saturated heterocycles. The highest BCUT2D eigenvalue weighted by Crippen LogP contribution is 2.32. The van der Waals surface area contributed by atoms with Crippen molar-refractivity contribution in [3.8, 4) is 11.3 Å². The van der Waals surface area contributed by atoms with Crippen molar-refractivity contribution in [2.75, 3.05) is 26.3 Å². The monoisotopic (exact) mass is 344 g/mol. The molecular weight excluding hydrogens is 324 g/mol. The van der Waals surface area contributed by atoms with Crippen LogP contribution in [0.3, 0.4) is 0 Å². The van der Waals surface area contributed by atoms with Gasteiger partial charge < -0.3 is 14.4 Å². The fourth-order valence-electron chi connectivity index (χ4n) is 3.36. The Morgan fingerprint density at radius 2 is 1.96 bits per heavy atom. The molecule has 2 aliphatic heterocycles. The zero-order valence-corrected chi connectivity index (χ0v) is 14.5. The first-order chi connectivity index (χ1) is 11.7. The number of ether oxygens (including phenoxy) is 2. The van der Waals surface area contributed by atoms with Gasteiger partial charge >= 0.3 is 0 Å². The highest BCUT2D eigenvalue weighted by atomic mass is 32.1. The summed E-state index contributed by atoms with van der Waals surface area (Å²) in [5.74, 6) is -0.405. The fraction of sp³-hybridized carbons (Fsp3) is 0.444. The van der Waals surface area contributed by atoms with E-state index < -0.39 is 5.79 Å². The Labute approximate surface area is 145 Å². The number of carbonyl (C=O) groups is 1. The van der Waals surface area contributed by atoms with Gasteiger partial charge in [0.05, 0.1) is 30.2 Å². The van der Waals surface area contributed by atoms with Gasteiger partial charge in [0, 0.05) is 36.9 Å². The molecule has 2 aromatic heterocycles. The van der Waals surface area contributed by atoms with Crippen LogP contribution in [-0.4, -0.2) is 47.9 Å². The van der Waals surface area contributed by atoms with Crippen LogP contribution < -0.4 is 0 Å². The van der Waals surface area contributed by atoms with Crippen LogP contribution in [0.25, 0.3) is 11.3 Å². The van der Waals surface area contributed by atoms with Crippen molar-refractivity contribution in [3.05, 3.63) is 40.2 Å². The number of likely N-dealkylation sites (tertiary alicyclic amines) is 1. The van der Waals surface area contributed by atoms with Crippen molar-refractivity contribution in [1.29, 1.82) is 0 Å². The van der Waals surface area contributed by atoms with E-state index in [9.17, 15) is 4.79 Å². The molecule has 5 nitrogen and oxygen atoms in total. The molecular formula is C18H20N2O3S. The number of pyridine rings is 1. The lowest BCUT2D eigenvalue weighted by Gasteiger charge is -2.37. The quantitative estimate of drug-likeness (QED) is 0.840. The lowest BCUT2D eigenvalue weighted by molar-refractivity contribution is -0.181. The van der Waals surface area contributed by atoms with Crippen molar-refractivity contribution < 1.29 is 14.3 Å². The van der Waals surface area contributed by atoms with Gasteiger partial charge in [0.2, 0.25) is 0 Å². The lowest BCUT2D eigenvalue weighted by Crippen LogP contribution is -2.47. The van der Waals surface area contributed by atoms with Crippen molar-refractivity contribution in [1.82, 2.24) is 9.88 Å². The Kier molecular flexibility index (Phi) is 4.12. The molecule has 0 bridgehead atoms. The number of hydrogen-bond acceptors (Lipinski definition) is 5. The molecule has 2 aliphatic rings. The molecule has 24 heavy (non-hydrogen) atoms. The molecule has 1 spiro atoms. The average molecular weight is 344 g/mol. The smallest absolute Gasteiger partial charge is 0.255 e. The van der Waals surface area contributed by atoms with E-state index in [1.165, 1.54) is 0 Å². The van der Waals surface area contributed by atoms with E-state index in [-0.39, 0.29) is 5.91 Å². The normalized spacial score (nSPS) is 19.8. The van der Waals surface area contributed by atoms with Gasteiger partial charge in [-0.3, -0.25) is 9.78 Å². The average Bonchev–Trinajstić information content (AvgIpc) is 3.27. The summed E-state index contributed by atoms with van der Waals surface area (Å²) in [4.78, 5) is 19.3. The molecule has 4 heterocycles. The van der Waals surface area contributed by atoms with Crippen LogP contribution in [0.1, 0.15) is 28.9 Å². The number of amides is 1. The molecule has 0 aromatic carbocycles. The fourth-order valence-corrected chi connectivity index (χ4v) is 4.01. The molecule has 1 amide bonds. The zero-order chi connectivity index (χ0) is 16.6. The highest BCUT2D eigenvalue weighted by molar-refractivity contribution is 7.08. The first-order valence-electron chi connectivity index (χ1n) is 8.24. The van der Waals surface area contributed by atoms with Gasteiger partial charge in [-0.2, -0.15) is 11.3 Å². The second kappa shape index (κ2) is 6.27. The number of hydrogen-bond donors (Lipinski definition) is 0. The molecule has 0 unspecified atom stereocenters. The maximum absolute atomic E-state index is 12.8. The lowest BCUT2D eigenvalue weighted by atomic mass is 10.0. The summed E-state index contributed by atoms with van der Waals surface area (Å²) in [7, 11) is 0. The van der Waals surface area contributed by atoms with Gasteiger partial charge in [-0.25, -0.2) is 0 Å². The maximum Gasteiger partial charge on any atom is 0.255 e. The first kappa shape index (κ1) is 15.7. The Morgan fingerprint density at radius 3 is 2.58 bits per heavy atom. The summed E-state index contributed by atoms with van der Waals surface area (Å²) < 4.78 is 11.4. The zero-order valence-electron chi connectivity index (χ0n) is 13.7. The number of aryl methyl sites for hydroxylation is 1. The molecule has 126 valence electrons. The van der Waals surface area contributed by atoms with Gasteiger partial charge in [0.25, 0.3) is 5.91 Å². The molecule has 2 fully saturated rings. The molecule has 0 N–H and O–H groups in total. The van der Waals surface area contributed by atoms with Gasteiger partial charge in [0.1, 0.15) is 0 Å². The molecule has 0 saturated carbocycles. The van der Waals surface area contributed by atoms with Crippen LogP contribution in [0.2, 0.25) is 0 Å². The minimum absolute atomic E-state index is 0.0460. The minimum atomic E-state index is -0.452. The third kappa shape index (κ3) is 2.85. The van der Waals surface area contributed by atoms with E-state index in [1.807, 2.05) is 35.4 Å². The SMILES string of the molecule is Cc1nc(-c2ccsc2)ccc1C(=O)N1CCC2(CC1)OCCO2. The standard InChI is InChI=1S/C18H20N2O3S/c1-13-15(2-3-16(19-13)14-4-11-24-12-14)17(21)20-7-5-18(6-8-20)22-9-10-23-18/h2-4,11-12H,5-10H2,1H3. The second-order valence-corrected chi connectivity index (χ2v) is 7.02. The predicted molar refractivity (Wildman–Crippen MR) is 92.1 cm³/mol. The van der Waals surface area contributed by atoms with Gasteiger partial charge in [-0.05, 0) is 30.5 Å². The Morgan fingerprint density at radius 1 is 1.21 bits per heavy atom. The van der Waals surface area contributed by atoms with Crippen molar-refractivity contribution in [3.63, 3.8) is 0 Å². The number of rotatable bonds is 2. The van der Waals surface area contributed by atoms with Crippen LogP contribution in [0, 0.1) is 6.92 Å². The first-order valence-corrected chi connectivity index (χ1v) is 9.19. The van der Waals surface area contributed by atoms with Crippen molar-refractivity contribution in [2.24, 2.45) is 0 Å². The molecule has 2 aromatic rings. The number of aromatic nitrogens is 1. The van der Waals surface area contributed by atoms with E-state index in [4.69, 9.17) is 9.47 Å². The number of carbonyl (C=O) groups excluding carboxylic acids is 1. The van der Waals surface area contributed by atoms with E-state index in [0.29, 0.717) is 31.9 Å². The molecule has 4 rings (SSSR count). The van der Waals surface area contributed by atoms with Crippen molar-refractivity contribution >= 4 is 17.2 Å². The molecule has 0 radical (unpaired) electrons. The molecule has 6 heteroatoms. The molecule has 0 aliphatic carbocycles. The van der Waals surface area contributed by atoms with E-state index >= 15 is 0 Å². The summed E-state index contributed by atoms with van der Waals surface area (Å²) in [5, 5.41) is 4.09. The van der Waals surface area contributed by atoms with E-state index in [2.05, 4.69) is 10.4 Å². The summed E-state index contributed by atoms with van der Waals surface area (Å²) >= 11 is 1.64. The third-order valence-electron chi connectivity index (χ3n) is 4.76. The van der Waals surface area contributed by atoms with Crippen LogP contribution in [-0.2, 0) is 9.47 Å². The summed E-state index contributed by atoms with van der Waals surface area (Å²) in [6.07, 6.45) is 1.47. The summed E-state index contributed by atoms with van der Waals surface area (Å²) in [5.41, 5.74) is 3.46. The van der Waals surface area contributed by atoms with Gasteiger partial charge in [0.15, 0.2) is 5.79 Å². The summed E-state index contributed by atoms with van der Waals surface area (Å²) in [6.45, 7) is 4.52.